The first kappa shape index (κ1) is 33.2. The van der Waals surface area contributed by atoms with E-state index in [0.29, 0.717) is 18.1 Å². The Bertz CT molecular complexity index is 651. The number of hydrogen-bond donors (Lipinski definition) is 1. The zero-order valence-electron chi connectivity index (χ0n) is 24.4. The third kappa shape index (κ3) is 12.3. The maximum Gasteiger partial charge on any atom is 0.312 e. The predicted molar refractivity (Wildman–Crippen MR) is 144 cm³/mol. The van der Waals surface area contributed by atoms with Crippen molar-refractivity contribution in [1.82, 2.24) is 0 Å². The van der Waals surface area contributed by atoms with Crippen LogP contribution < -0.4 is 0 Å². The molecule has 0 aliphatic carbocycles. The predicted octanol–water partition coefficient (Wildman–Crippen LogP) is 6.90. The fraction of sp³-hybridized carbons (Fsp3) is 0.929. The van der Waals surface area contributed by atoms with Crippen LogP contribution in [0.3, 0.4) is 0 Å². The molecule has 3 unspecified atom stereocenters. The van der Waals surface area contributed by atoms with E-state index in [1.54, 1.807) is 11.8 Å². The molecule has 0 amide bonds. The van der Waals surface area contributed by atoms with Crippen molar-refractivity contribution < 1.29 is 24.2 Å². The van der Waals surface area contributed by atoms with Crippen molar-refractivity contribution in [3.8, 4) is 0 Å². The quantitative estimate of drug-likeness (QED) is 0.293. The van der Waals surface area contributed by atoms with Crippen molar-refractivity contribution in [2.75, 3.05) is 19.0 Å². The summed E-state index contributed by atoms with van der Waals surface area (Å²) >= 11 is 1.78. The highest BCUT2D eigenvalue weighted by Crippen LogP contribution is 2.47. The first-order valence-electron chi connectivity index (χ1n) is 12.6. The third-order valence-corrected chi connectivity index (χ3v) is 8.26. The van der Waals surface area contributed by atoms with Crippen LogP contribution in [-0.4, -0.2) is 46.9 Å². The van der Waals surface area contributed by atoms with Crippen LogP contribution in [0.25, 0.3) is 0 Å². The molecule has 202 valence electrons. The van der Waals surface area contributed by atoms with E-state index < -0.39 is 11.5 Å². The normalized spacial score (nSPS) is 17.0. The molecule has 0 aromatic carbocycles. The number of rotatable bonds is 12. The molecule has 0 radical (unpaired) electrons. The van der Waals surface area contributed by atoms with E-state index in [1.165, 1.54) is 0 Å². The standard InChI is InChI=1S/C28H54O5S/c1-20(25(5,6)7)16-27(11,12)34-15-14-22(30)32-17-21(29)18-33-23(31)28(13,26(8,9)10)19-24(2,3)4/h20-21,29H,14-19H2,1-13H3. The molecular weight excluding hydrogens is 448 g/mol. The van der Waals surface area contributed by atoms with Crippen LogP contribution in [0, 0.1) is 27.6 Å². The Morgan fingerprint density at radius 1 is 0.853 bits per heavy atom. The van der Waals surface area contributed by atoms with Gasteiger partial charge in [-0.1, -0.05) is 83.1 Å². The zero-order chi connectivity index (χ0) is 27.2. The fourth-order valence-electron chi connectivity index (χ4n) is 3.86. The molecule has 3 atom stereocenters. The van der Waals surface area contributed by atoms with Gasteiger partial charge in [0.15, 0.2) is 0 Å². The van der Waals surface area contributed by atoms with Gasteiger partial charge in [-0.2, -0.15) is 11.8 Å². The van der Waals surface area contributed by atoms with Crippen LogP contribution in [0.5, 0.6) is 0 Å². The van der Waals surface area contributed by atoms with E-state index in [2.05, 4.69) is 62.3 Å². The maximum absolute atomic E-state index is 13.0. The number of hydrogen-bond acceptors (Lipinski definition) is 6. The van der Waals surface area contributed by atoms with Gasteiger partial charge < -0.3 is 14.6 Å². The van der Waals surface area contributed by atoms with Crippen molar-refractivity contribution >= 4 is 23.7 Å². The number of carbonyl (C=O) groups is 2. The van der Waals surface area contributed by atoms with Gasteiger partial charge in [-0.05, 0) is 41.9 Å². The van der Waals surface area contributed by atoms with Crippen molar-refractivity contribution in [3.63, 3.8) is 0 Å². The molecule has 0 fully saturated rings. The third-order valence-electron chi connectivity index (χ3n) is 6.91. The molecule has 0 aromatic heterocycles. The number of aliphatic hydroxyl groups excluding tert-OH is 1. The number of ether oxygens (including phenoxy) is 2. The molecule has 1 N–H and O–H groups in total. The van der Waals surface area contributed by atoms with Crippen LogP contribution >= 0.6 is 11.8 Å². The van der Waals surface area contributed by atoms with E-state index in [0.717, 1.165) is 6.42 Å². The first-order valence-corrected chi connectivity index (χ1v) is 13.6. The molecule has 0 bridgehead atoms. The summed E-state index contributed by atoms with van der Waals surface area (Å²) in [6.45, 7) is 27.4. The Labute approximate surface area is 214 Å². The van der Waals surface area contributed by atoms with E-state index in [1.807, 2.05) is 27.7 Å². The summed E-state index contributed by atoms with van der Waals surface area (Å²) in [5, 5.41) is 10.2. The van der Waals surface area contributed by atoms with E-state index in [-0.39, 0.29) is 52.6 Å². The summed E-state index contributed by atoms with van der Waals surface area (Å²) in [6, 6.07) is 0. The van der Waals surface area contributed by atoms with E-state index in [4.69, 9.17) is 9.47 Å². The highest BCUT2D eigenvalue weighted by atomic mass is 32.2. The number of thioether (sulfide) groups is 1. The maximum atomic E-state index is 13.0. The summed E-state index contributed by atoms with van der Waals surface area (Å²) in [4.78, 5) is 25.1. The molecule has 0 aliphatic heterocycles. The van der Waals surface area contributed by atoms with Crippen molar-refractivity contribution in [2.45, 2.75) is 120 Å². The Kier molecular flexibility index (Phi) is 12.2. The van der Waals surface area contributed by atoms with Crippen LogP contribution in [-0.2, 0) is 19.1 Å². The lowest BCUT2D eigenvalue weighted by Crippen LogP contribution is -2.45. The average Bonchev–Trinajstić information content (AvgIpc) is 2.60. The molecule has 0 spiro atoms. The largest absolute Gasteiger partial charge is 0.463 e. The minimum Gasteiger partial charge on any atom is -0.463 e. The van der Waals surface area contributed by atoms with Gasteiger partial charge >= 0.3 is 11.9 Å². The monoisotopic (exact) mass is 502 g/mol. The second kappa shape index (κ2) is 12.5. The SMILES string of the molecule is CC(CC(C)(C)SCCC(=O)OCC(O)COC(=O)C(C)(CC(C)(C)C)C(C)(C)C)C(C)(C)C. The minimum atomic E-state index is -1.04. The van der Waals surface area contributed by atoms with Crippen molar-refractivity contribution in [1.29, 1.82) is 0 Å². The highest BCUT2D eigenvalue weighted by molar-refractivity contribution is 8.00. The highest BCUT2D eigenvalue weighted by Gasteiger charge is 2.47. The Balaban J connectivity index is 4.54. The molecule has 0 aliphatic rings. The molecule has 34 heavy (non-hydrogen) atoms. The summed E-state index contributed by atoms with van der Waals surface area (Å²) in [5.74, 6) is 0.571. The second-order valence-corrected chi connectivity index (χ2v) is 15.9. The second-order valence-electron chi connectivity index (χ2n) is 14.1. The molecule has 0 heterocycles. The number of aliphatic hydroxyl groups is 1. The zero-order valence-corrected chi connectivity index (χ0v) is 25.2. The van der Waals surface area contributed by atoms with Crippen LogP contribution in [0.4, 0.5) is 0 Å². The lowest BCUT2D eigenvalue weighted by Gasteiger charge is -2.43. The number of carbonyl (C=O) groups excluding carboxylic acids is 2. The lowest BCUT2D eigenvalue weighted by atomic mass is 9.61. The summed E-state index contributed by atoms with van der Waals surface area (Å²) in [7, 11) is 0. The van der Waals surface area contributed by atoms with E-state index >= 15 is 0 Å². The molecule has 5 nitrogen and oxygen atoms in total. The Morgan fingerprint density at radius 2 is 1.35 bits per heavy atom. The molecule has 0 rings (SSSR count). The Morgan fingerprint density at radius 3 is 1.79 bits per heavy atom. The van der Waals surface area contributed by atoms with Crippen LogP contribution in [0.15, 0.2) is 0 Å². The molecule has 0 saturated heterocycles. The smallest absolute Gasteiger partial charge is 0.312 e. The summed E-state index contributed by atoms with van der Waals surface area (Å²) < 4.78 is 10.8. The Hall–Kier alpha value is -0.750. The fourth-order valence-corrected chi connectivity index (χ4v) is 5.05. The van der Waals surface area contributed by atoms with Gasteiger partial charge in [0.2, 0.25) is 0 Å². The summed E-state index contributed by atoms with van der Waals surface area (Å²) in [5.41, 5.74) is -0.791. The topological polar surface area (TPSA) is 72.8 Å². The first-order chi connectivity index (χ1) is 15.0. The number of esters is 2. The lowest BCUT2D eigenvalue weighted by molar-refractivity contribution is -0.169. The molecule has 0 saturated carbocycles. The van der Waals surface area contributed by atoms with Gasteiger partial charge in [-0.15, -0.1) is 0 Å². The van der Waals surface area contributed by atoms with Gasteiger partial charge in [0.25, 0.3) is 0 Å². The van der Waals surface area contributed by atoms with Crippen molar-refractivity contribution in [3.05, 3.63) is 0 Å². The van der Waals surface area contributed by atoms with Crippen LogP contribution in [0.1, 0.15) is 109 Å². The molecule has 0 aromatic rings. The molecular formula is C28H54O5S. The van der Waals surface area contributed by atoms with E-state index in [9.17, 15) is 14.7 Å². The van der Waals surface area contributed by atoms with Crippen molar-refractivity contribution in [2.24, 2.45) is 27.6 Å². The van der Waals surface area contributed by atoms with Gasteiger partial charge in [0.1, 0.15) is 19.3 Å². The minimum absolute atomic E-state index is 0.0490. The van der Waals surface area contributed by atoms with Gasteiger partial charge in [-0.25, -0.2) is 0 Å². The average molecular weight is 503 g/mol. The van der Waals surface area contributed by atoms with Gasteiger partial charge in [0.05, 0.1) is 11.8 Å². The molecule has 6 heteroatoms. The summed E-state index contributed by atoms with van der Waals surface area (Å²) in [6.07, 6.45) is 0.986. The van der Waals surface area contributed by atoms with Gasteiger partial charge in [0, 0.05) is 10.5 Å². The van der Waals surface area contributed by atoms with Gasteiger partial charge in [-0.3, -0.25) is 9.59 Å². The van der Waals surface area contributed by atoms with Crippen LogP contribution in [0.2, 0.25) is 0 Å².